The first-order chi connectivity index (χ1) is 16.1. The first kappa shape index (κ1) is 24.4. The number of rotatable bonds is 7. The van der Waals surface area contributed by atoms with Crippen molar-refractivity contribution in [3.8, 4) is 0 Å². The van der Waals surface area contributed by atoms with Crippen LogP contribution in [0.5, 0.6) is 0 Å². The molecule has 2 aliphatic carbocycles. The molecule has 1 aromatic heterocycles. The molecule has 0 spiro atoms. The minimum absolute atomic E-state index is 0.00662. The third-order valence-corrected chi connectivity index (χ3v) is 8.21. The zero-order valence-electron chi connectivity index (χ0n) is 20.5. The van der Waals surface area contributed by atoms with Crippen molar-refractivity contribution < 1.29 is 14.7 Å². The Morgan fingerprint density at radius 1 is 1.06 bits per heavy atom. The van der Waals surface area contributed by atoms with Crippen LogP contribution >= 0.6 is 0 Å². The third kappa shape index (κ3) is 5.17. The lowest BCUT2D eigenvalue weighted by Crippen LogP contribution is -2.52. The van der Waals surface area contributed by atoms with Gasteiger partial charge in [0.15, 0.2) is 0 Å². The van der Waals surface area contributed by atoms with E-state index in [9.17, 15) is 14.7 Å². The Hall–Kier alpha value is -2.73. The quantitative estimate of drug-likeness (QED) is 0.573. The van der Waals surface area contributed by atoms with Crippen LogP contribution in [0.3, 0.4) is 0 Å². The first-order valence-electron chi connectivity index (χ1n) is 12.4. The molecule has 1 heterocycles. The second-order valence-electron chi connectivity index (χ2n) is 11.2. The van der Waals surface area contributed by atoms with Gasteiger partial charge < -0.3 is 15.7 Å². The fourth-order valence-corrected chi connectivity index (χ4v) is 6.40. The Morgan fingerprint density at radius 3 is 2.53 bits per heavy atom. The highest BCUT2D eigenvalue weighted by Crippen LogP contribution is 2.63. The molecule has 0 aliphatic heterocycles. The molecule has 1 aromatic carbocycles. The highest BCUT2D eigenvalue weighted by molar-refractivity contribution is 5.94. The fourth-order valence-electron chi connectivity index (χ4n) is 6.40. The molecule has 34 heavy (non-hydrogen) atoms. The highest BCUT2D eigenvalue weighted by atomic mass is 16.3. The van der Waals surface area contributed by atoms with Crippen molar-refractivity contribution >= 4 is 11.8 Å². The van der Waals surface area contributed by atoms with Gasteiger partial charge in [-0.25, -0.2) is 0 Å². The van der Waals surface area contributed by atoms with E-state index in [0.29, 0.717) is 37.8 Å². The SMILES string of the molecule is CC1(C)C[C@H](NC(=O)c2ccccc2)[C@]2(CCC(=O)NCc3cccnc3)CC[C@@](C)(O)C[C@@H]12. The summed E-state index contributed by atoms with van der Waals surface area (Å²) in [4.78, 5) is 30.0. The Labute approximate surface area is 202 Å². The third-order valence-electron chi connectivity index (χ3n) is 8.21. The maximum Gasteiger partial charge on any atom is 0.251 e. The monoisotopic (exact) mass is 463 g/mol. The van der Waals surface area contributed by atoms with Gasteiger partial charge in [-0.05, 0) is 79.5 Å². The molecule has 6 heteroatoms. The topological polar surface area (TPSA) is 91.3 Å². The summed E-state index contributed by atoms with van der Waals surface area (Å²) >= 11 is 0. The van der Waals surface area contributed by atoms with Crippen molar-refractivity contribution in [2.24, 2.45) is 16.7 Å². The van der Waals surface area contributed by atoms with E-state index < -0.39 is 5.60 Å². The molecule has 2 aliphatic rings. The Balaban J connectivity index is 1.52. The van der Waals surface area contributed by atoms with E-state index in [1.165, 1.54) is 0 Å². The lowest BCUT2D eigenvalue weighted by Gasteiger charge is -2.50. The normalized spacial score (nSPS) is 29.8. The summed E-state index contributed by atoms with van der Waals surface area (Å²) in [6.07, 6.45) is 7.56. The number of hydrogen-bond donors (Lipinski definition) is 3. The number of carbonyl (C=O) groups is 2. The van der Waals surface area contributed by atoms with Gasteiger partial charge in [0.25, 0.3) is 5.91 Å². The molecule has 2 fully saturated rings. The van der Waals surface area contributed by atoms with Crippen molar-refractivity contribution in [3.05, 3.63) is 66.0 Å². The second-order valence-corrected chi connectivity index (χ2v) is 11.2. The van der Waals surface area contributed by atoms with E-state index in [-0.39, 0.29) is 34.6 Å². The van der Waals surface area contributed by atoms with Crippen molar-refractivity contribution in [3.63, 3.8) is 0 Å². The molecule has 4 atom stereocenters. The molecular formula is C28H37N3O3. The maximum atomic E-state index is 13.1. The van der Waals surface area contributed by atoms with Gasteiger partial charge in [0.1, 0.15) is 0 Å². The summed E-state index contributed by atoms with van der Waals surface area (Å²) in [5.41, 5.74) is 0.630. The van der Waals surface area contributed by atoms with Gasteiger partial charge >= 0.3 is 0 Å². The lowest BCUT2D eigenvalue weighted by atomic mass is 9.57. The van der Waals surface area contributed by atoms with Gasteiger partial charge in [0.05, 0.1) is 5.60 Å². The molecule has 0 saturated heterocycles. The molecule has 6 nitrogen and oxygen atoms in total. The van der Waals surface area contributed by atoms with Crippen LogP contribution in [0.4, 0.5) is 0 Å². The molecule has 182 valence electrons. The molecular weight excluding hydrogens is 426 g/mol. The van der Waals surface area contributed by atoms with Gasteiger partial charge in [-0.1, -0.05) is 38.1 Å². The molecule has 2 saturated carbocycles. The van der Waals surface area contributed by atoms with Crippen LogP contribution in [0.15, 0.2) is 54.9 Å². The average molecular weight is 464 g/mol. The van der Waals surface area contributed by atoms with Crippen LogP contribution in [0, 0.1) is 16.7 Å². The summed E-state index contributed by atoms with van der Waals surface area (Å²) in [5.74, 6) is 0.155. The largest absolute Gasteiger partial charge is 0.390 e. The number of nitrogens with zero attached hydrogens (tertiary/aromatic N) is 1. The van der Waals surface area contributed by atoms with Crippen molar-refractivity contribution in [2.45, 2.75) is 77.5 Å². The standard InChI is InChI=1S/C28H37N3O3/c1-26(2)17-23(31-25(33)21-9-5-4-6-10-21)28(14-13-27(3,34)16-22(26)28)12-11-24(32)30-19-20-8-7-15-29-18-20/h4-10,15,18,22-23,34H,11-14,16-17,19H2,1-3H3,(H,30,32)(H,31,33)/t22-,23-,27+,28+/m0/s1. The predicted molar refractivity (Wildman–Crippen MR) is 132 cm³/mol. The van der Waals surface area contributed by atoms with Gasteiger partial charge in [0.2, 0.25) is 5.91 Å². The van der Waals surface area contributed by atoms with Crippen LogP contribution in [-0.4, -0.2) is 33.5 Å². The first-order valence-corrected chi connectivity index (χ1v) is 12.4. The number of aromatic nitrogens is 1. The van der Waals surface area contributed by atoms with E-state index in [2.05, 4.69) is 29.5 Å². The van der Waals surface area contributed by atoms with E-state index in [1.54, 1.807) is 12.4 Å². The van der Waals surface area contributed by atoms with Gasteiger partial charge in [-0.2, -0.15) is 0 Å². The van der Waals surface area contributed by atoms with E-state index in [0.717, 1.165) is 18.4 Å². The predicted octanol–water partition coefficient (Wildman–Crippen LogP) is 4.24. The van der Waals surface area contributed by atoms with Crippen molar-refractivity contribution in [1.82, 2.24) is 15.6 Å². The number of pyridine rings is 1. The average Bonchev–Trinajstić information content (AvgIpc) is 3.03. The van der Waals surface area contributed by atoms with Crippen LogP contribution in [0.2, 0.25) is 0 Å². The number of aliphatic hydroxyl groups is 1. The van der Waals surface area contributed by atoms with Crippen LogP contribution in [-0.2, 0) is 11.3 Å². The number of hydrogen-bond acceptors (Lipinski definition) is 4. The minimum Gasteiger partial charge on any atom is -0.390 e. The number of fused-ring (bicyclic) bond motifs is 1. The van der Waals surface area contributed by atoms with Crippen LogP contribution in [0.1, 0.15) is 75.2 Å². The smallest absolute Gasteiger partial charge is 0.251 e. The Bertz CT molecular complexity index is 1010. The highest BCUT2D eigenvalue weighted by Gasteiger charge is 2.61. The molecule has 3 N–H and O–H groups in total. The number of benzene rings is 1. The van der Waals surface area contributed by atoms with E-state index in [4.69, 9.17) is 0 Å². The molecule has 0 bridgehead atoms. The molecule has 2 aromatic rings. The van der Waals surface area contributed by atoms with Crippen LogP contribution in [0.25, 0.3) is 0 Å². The van der Waals surface area contributed by atoms with Crippen molar-refractivity contribution in [1.29, 1.82) is 0 Å². The summed E-state index contributed by atoms with van der Waals surface area (Å²) in [6, 6.07) is 13.1. The zero-order chi connectivity index (χ0) is 24.4. The van der Waals surface area contributed by atoms with E-state index in [1.807, 2.05) is 49.4 Å². The Kier molecular flexibility index (Phi) is 6.81. The fraction of sp³-hybridized carbons (Fsp3) is 0.536. The second kappa shape index (κ2) is 9.49. The van der Waals surface area contributed by atoms with Gasteiger partial charge in [-0.3, -0.25) is 14.6 Å². The molecule has 0 radical (unpaired) electrons. The lowest BCUT2D eigenvalue weighted by molar-refractivity contribution is -0.123. The van der Waals surface area contributed by atoms with E-state index >= 15 is 0 Å². The van der Waals surface area contributed by atoms with Crippen molar-refractivity contribution in [2.75, 3.05) is 0 Å². The van der Waals surface area contributed by atoms with Crippen LogP contribution < -0.4 is 10.6 Å². The Morgan fingerprint density at radius 2 is 1.82 bits per heavy atom. The maximum absolute atomic E-state index is 13.1. The van der Waals surface area contributed by atoms with Gasteiger partial charge in [0, 0.05) is 37.0 Å². The summed E-state index contributed by atoms with van der Waals surface area (Å²) in [7, 11) is 0. The van der Waals surface area contributed by atoms with Gasteiger partial charge in [-0.15, -0.1) is 0 Å². The number of nitrogens with one attached hydrogen (secondary N) is 2. The summed E-state index contributed by atoms with van der Waals surface area (Å²) in [6.45, 7) is 6.86. The molecule has 2 amide bonds. The minimum atomic E-state index is -0.716. The molecule has 4 rings (SSSR count). The molecule has 0 unspecified atom stereocenters. The zero-order valence-corrected chi connectivity index (χ0v) is 20.5. The summed E-state index contributed by atoms with van der Waals surface area (Å²) in [5, 5.41) is 17.3. The number of amides is 2. The summed E-state index contributed by atoms with van der Waals surface area (Å²) < 4.78 is 0. The number of carbonyl (C=O) groups excluding carboxylic acids is 2.